The van der Waals surface area contributed by atoms with Crippen LogP contribution in [0.2, 0.25) is 0 Å². The molecule has 3 atom stereocenters. The number of carbonyl (C=O) groups excluding carboxylic acids is 2. The van der Waals surface area contributed by atoms with Gasteiger partial charge in [-0.1, -0.05) is 25.5 Å². The largest absolute Gasteiger partial charge is 0.481 e. The number of carboxylic acids is 1. The maximum atomic E-state index is 13.8. The second-order valence-corrected chi connectivity index (χ2v) is 7.27. The standard InChI is InChI=1S/C20H30F2O5/c1-2-3-12-20(21,22)18(25)11-10-15-14(16(23)13-17(15)24)8-6-4-5-7-9-19(26)27/h4,6,14-15,17,24H,2-3,5,7-13H2,1H3,(H,26,27)/b6-4-/t14?,15-,17?/m1/s1. The van der Waals surface area contributed by atoms with Crippen molar-refractivity contribution in [2.45, 2.75) is 83.2 Å². The Bertz CT molecular complexity index is 544. The van der Waals surface area contributed by atoms with Crippen LogP contribution in [0.4, 0.5) is 8.78 Å². The fraction of sp³-hybridized carbons (Fsp3) is 0.750. The molecule has 0 amide bonds. The zero-order chi connectivity index (χ0) is 20.4. The number of alkyl halides is 2. The summed E-state index contributed by atoms with van der Waals surface area (Å²) in [5.41, 5.74) is 0. The predicted molar refractivity (Wildman–Crippen MR) is 96.6 cm³/mol. The van der Waals surface area contributed by atoms with E-state index in [1.54, 1.807) is 19.1 Å². The lowest BCUT2D eigenvalue weighted by Crippen LogP contribution is -2.30. The second kappa shape index (κ2) is 11.3. The minimum atomic E-state index is -3.34. The van der Waals surface area contributed by atoms with E-state index >= 15 is 0 Å². The van der Waals surface area contributed by atoms with Crippen LogP contribution in [-0.4, -0.2) is 39.8 Å². The Morgan fingerprint density at radius 2 is 1.93 bits per heavy atom. The smallest absolute Gasteiger partial charge is 0.305 e. The number of rotatable bonds is 13. The summed E-state index contributed by atoms with van der Waals surface area (Å²) in [5, 5.41) is 18.7. The highest BCUT2D eigenvalue weighted by Crippen LogP contribution is 2.36. The average molecular weight is 388 g/mol. The van der Waals surface area contributed by atoms with Crippen LogP contribution in [0.1, 0.15) is 71.1 Å². The first-order valence-corrected chi connectivity index (χ1v) is 9.67. The van der Waals surface area contributed by atoms with Crippen LogP contribution in [0.5, 0.6) is 0 Å². The van der Waals surface area contributed by atoms with E-state index in [0.29, 0.717) is 25.7 Å². The summed E-state index contributed by atoms with van der Waals surface area (Å²) in [4.78, 5) is 34.4. The fourth-order valence-corrected chi connectivity index (χ4v) is 3.47. The van der Waals surface area contributed by atoms with Crippen LogP contribution in [0.3, 0.4) is 0 Å². The Morgan fingerprint density at radius 3 is 2.56 bits per heavy atom. The third kappa shape index (κ3) is 7.87. The highest BCUT2D eigenvalue weighted by Gasteiger charge is 2.43. The van der Waals surface area contributed by atoms with Gasteiger partial charge in [0.25, 0.3) is 0 Å². The number of unbranched alkanes of at least 4 members (excludes halogenated alkanes) is 2. The summed E-state index contributed by atoms with van der Waals surface area (Å²) in [6, 6.07) is 0. The van der Waals surface area contributed by atoms with Crippen LogP contribution in [-0.2, 0) is 14.4 Å². The highest BCUT2D eigenvalue weighted by molar-refractivity contribution is 5.86. The maximum absolute atomic E-state index is 13.8. The lowest BCUT2D eigenvalue weighted by Gasteiger charge is -2.21. The molecule has 1 aliphatic carbocycles. The fourth-order valence-electron chi connectivity index (χ4n) is 3.47. The van der Waals surface area contributed by atoms with Crippen molar-refractivity contribution in [3.8, 4) is 0 Å². The summed E-state index contributed by atoms with van der Waals surface area (Å²) in [6.07, 6.45) is 4.29. The Morgan fingerprint density at radius 1 is 1.22 bits per heavy atom. The lowest BCUT2D eigenvalue weighted by atomic mass is 9.86. The topological polar surface area (TPSA) is 91.7 Å². The molecular formula is C20H30F2O5. The number of carboxylic acid groups (broad SMARTS) is 1. The Kier molecular flexibility index (Phi) is 9.77. The Labute approximate surface area is 158 Å². The predicted octanol–water partition coefficient (Wildman–Crippen LogP) is 3.93. The average Bonchev–Trinajstić information content (AvgIpc) is 2.86. The van der Waals surface area contributed by atoms with E-state index in [1.807, 2.05) is 0 Å². The SMILES string of the molecule is CCCCC(F)(F)C(=O)CC[C@H]1C(O)CC(=O)C1C/C=C\CCCC(=O)O. The quantitative estimate of drug-likeness (QED) is 0.368. The molecule has 1 saturated carbocycles. The van der Waals surface area contributed by atoms with Crippen LogP contribution in [0, 0.1) is 11.8 Å². The summed E-state index contributed by atoms with van der Waals surface area (Å²) in [6.45, 7) is 1.78. The second-order valence-electron chi connectivity index (χ2n) is 7.27. The van der Waals surface area contributed by atoms with E-state index in [2.05, 4.69) is 0 Å². The van der Waals surface area contributed by atoms with Crippen molar-refractivity contribution in [1.29, 1.82) is 0 Å². The molecule has 1 aliphatic rings. The molecule has 2 unspecified atom stereocenters. The molecule has 1 rings (SSSR count). The van der Waals surface area contributed by atoms with Gasteiger partial charge >= 0.3 is 11.9 Å². The first-order valence-electron chi connectivity index (χ1n) is 9.67. The first kappa shape index (κ1) is 23.4. The van der Waals surface area contributed by atoms with Crippen molar-refractivity contribution in [3.63, 3.8) is 0 Å². The Balaban J connectivity index is 2.53. The molecule has 2 N–H and O–H groups in total. The summed E-state index contributed by atoms with van der Waals surface area (Å²) in [7, 11) is 0. The van der Waals surface area contributed by atoms with Crippen LogP contribution < -0.4 is 0 Å². The summed E-state index contributed by atoms with van der Waals surface area (Å²) < 4.78 is 27.6. The number of aliphatic hydroxyl groups is 1. The van der Waals surface area contributed by atoms with E-state index in [4.69, 9.17) is 5.11 Å². The van der Waals surface area contributed by atoms with Crippen LogP contribution in [0.25, 0.3) is 0 Å². The van der Waals surface area contributed by atoms with Crippen molar-refractivity contribution in [2.24, 2.45) is 11.8 Å². The molecule has 1 fully saturated rings. The number of ketones is 2. The number of aliphatic carboxylic acids is 1. The molecule has 0 aliphatic heterocycles. The van der Waals surface area contributed by atoms with E-state index in [9.17, 15) is 28.3 Å². The van der Waals surface area contributed by atoms with Crippen LogP contribution >= 0.6 is 0 Å². The number of Topliss-reactive ketones (excluding diaryl/α,β-unsaturated/α-hetero) is 2. The number of hydrogen-bond acceptors (Lipinski definition) is 4. The Hall–Kier alpha value is -1.63. The molecule has 27 heavy (non-hydrogen) atoms. The number of hydrogen-bond donors (Lipinski definition) is 2. The minimum absolute atomic E-state index is 0.0113. The molecule has 7 heteroatoms. The number of aliphatic hydroxyl groups excluding tert-OH is 1. The van der Waals surface area contributed by atoms with Crippen LogP contribution in [0.15, 0.2) is 12.2 Å². The number of carbonyl (C=O) groups is 3. The van der Waals surface area contributed by atoms with E-state index in [0.717, 1.165) is 0 Å². The van der Waals surface area contributed by atoms with Gasteiger partial charge in [-0.3, -0.25) is 14.4 Å². The van der Waals surface area contributed by atoms with Crippen molar-refractivity contribution in [1.82, 2.24) is 0 Å². The van der Waals surface area contributed by atoms with Gasteiger partial charge in [-0.25, -0.2) is 0 Å². The normalized spacial score (nSPS) is 23.3. The summed E-state index contributed by atoms with van der Waals surface area (Å²) in [5.74, 6) is -6.42. The van der Waals surface area contributed by atoms with Gasteiger partial charge in [-0.05, 0) is 38.0 Å². The molecular weight excluding hydrogens is 358 g/mol. The van der Waals surface area contributed by atoms with Crippen molar-refractivity contribution in [3.05, 3.63) is 12.2 Å². The van der Waals surface area contributed by atoms with Crippen molar-refractivity contribution < 1.29 is 33.4 Å². The van der Waals surface area contributed by atoms with Crippen molar-refractivity contribution >= 4 is 17.5 Å². The van der Waals surface area contributed by atoms with Gasteiger partial charge in [0, 0.05) is 31.6 Å². The highest BCUT2D eigenvalue weighted by atomic mass is 19.3. The molecule has 0 spiro atoms. The zero-order valence-corrected chi connectivity index (χ0v) is 15.8. The van der Waals surface area contributed by atoms with Gasteiger partial charge in [0.15, 0.2) is 0 Å². The van der Waals surface area contributed by atoms with Gasteiger partial charge in [0.2, 0.25) is 5.78 Å². The van der Waals surface area contributed by atoms with Gasteiger partial charge in [0.05, 0.1) is 6.10 Å². The van der Waals surface area contributed by atoms with E-state index in [1.165, 1.54) is 0 Å². The summed E-state index contributed by atoms with van der Waals surface area (Å²) >= 11 is 0. The van der Waals surface area contributed by atoms with Gasteiger partial charge in [-0.2, -0.15) is 8.78 Å². The van der Waals surface area contributed by atoms with Gasteiger partial charge in [-0.15, -0.1) is 0 Å². The molecule has 0 aromatic rings. The molecule has 0 aromatic carbocycles. The molecule has 154 valence electrons. The van der Waals surface area contributed by atoms with Gasteiger partial charge < -0.3 is 10.2 Å². The van der Waals surface area contributed by atoms with Gasteiger partial charge in [0.1, 0.15) is 5.78 Å². The maximum Gasteiger partial charge on any atom is 0.305 e. The lowest BCUT2D eigenvalue weighted by molar-refractivity contribution is -0.144. The first-order chi connectivity index (χ1) is 12.7. The van der Waals surface area contributed by atoms with E-state index in [-0.39, 0.29) is 37.9 Å². The minimum Gasteiger partial charge on any atom is -0.481 e. The zero-order valence-electron chi connectivity index (χ0n) is 15.8. The number of halogens is 2. The molecule has 0 radical (unpaired) electrons. The molecule has 0 heterocycles. The number of allylic oxidation sites excluding steroid dienone is 2. The monoisotopic (exact) mass is 388 g/mol. The molecule has 0 bridgehead atoms. The molecule has 5 nitrogen and oxygen atoms in total. The molecule has 0 aromatic heterocycles. The third-order valence-electron chi connectivity index (χ3n) is 5.11. The van der Waals surface area contributed by atoms with E-state index < -0.39 is 42.0 Å². The molecule has 0 saturated heterocycles. The van der Waals surface area contributed by atoms with Crippen molar-refractivity contribution in [2.75, 3.05) is 0 Å². The third-order valence-corrected chi connectivity index (χ3v) is 5.11.